The minimum atomic E-state index is -0.973. The molecule has 8 heteroatoms. The molecule has 0 amide bonds. The van der Waals surface area contributed by atoms with E-state index in [1.54, 1.807) is 24.3 Å². The Labute approximate surface area is 188 Å². The molecule has 2 heterocycles. The third-order valence-corrected chi connectivity index (χ3v) is 5.91. The van der Waals surface area contributed by atoms with Crippen molar-refractivity contribution in [3.05, 3.63) is 95.6 Å². The van der Waals surface area contributed by atoms with E-state index >= 15 is 0 Å². The quantitative estimate of drug-likeness (QED) is 0.415. The zero-order chi connectivity index (χ0) is 21.9. The SMILES string of the molecule is O=C(O)c1ccc([C@H]2Nc3ccccc3-c3nnc(SCc4ccccc4)nc3O2)cc1. The first kappa shape index (κ1) is 20.0. The van der Waals surface area contributed by atoms with Gasteiger partial charge >= 0.3 is 5.97 Å². The van der Waals surface area contributed by atoms with Crippen molar-refractivity contribution in [3.8, 4) is 17.1 Å². The fourth-order valence-electron chi connectivity index (χ4n) is 3.38. The lowest BCUT2D eigenvalue weighted by Gasteiger charge is -2.19. The van der Waals surface area contributed by atoms with Gasteiger partial charge in [0.15, 0.2) is 11.9 Å². The molecule has 1 atom stereocenters. The molecule has 1 aliphatic heterocycles. The van der Waals surface area contributed by atoms with Crippen LogP contribution in [0.4, 0.5) is 5.69 Å². The highest BCUT2D eigenvalue weighted by Gasteiger charge is 2.26. The number of hydrogen-bond donors (Lipinski definition) is 2. The summed E-state index contributed by atoms with van der Waals surface area (Å²) < 4.78 is 6.23. The summed E-state index contributed by atoms with van der Waals surface area (Å²) in [4.78, 5) is 15.8. The standard InChI is InChI=1S/C24H18N4O3S/c29-23(30)17-12-10-16(11-13-17)21-25-19-9-5-4-8-18(19)20-22(31-21)26-24(28-27-20)32-14-15-6-2-1-3-7-15/h1-13,21,25H,14H2,(H,29,30)/t21-/m0/s1. The summed E-state index contributed by atoms with van der Waals surface area (Å²) in [6.07, 6.45) is -0.566. The molecule has 0 saturated carbocycles. The Bertz CT molecular complexity index is 1270. The highest BCUT2D eigenvalue weighted by molar-refractivity contribution is 7.98. The number of nitrogens with zero attached hydrogens (tertiary/aromatic N) is 3. The average molecular weight is 443 g/mol. The first-order valence-corrected chi connectivity index (χ1v) is 10.9. The van der Waals surface area contributed by atoms with Crippen LogP contribution in [-0.4, -0.2) is 26.3 Å². The molecular weight excluding hydrogens is 424 g/mol. The van der Waals surface area contributed by atoms with Crippen molar-refractivity contribution in [1.29, 1.82) is 0 Å². The Kier molecular flexibility index (Phi) is 5.43. The molecule has 1 aliphatic rings. The number of benzene rings is 3. The largest absolute Gasteiger partial charge is 0.478 e. The van der Waals surface area contributed by atoms with Gasteiger partial charge in [0.05, 0.1) is 5.56 Å². The normalized spacial score (nSPS) is 14.3. The van der Waals surface area contributed by atoms with Crippen LogP contribution in [-0.2, 0) is 5.75 Å². The summed E-state index contributed by atoms with van der Waals surface area (Å²) in [7, 11) is 0. The van der Waals surface area contributed by atoms with Gasteiger partial charge in [-0.25, -0.2) is 4.79 Å². The van der Waals surface area contributed by atoms with Crippen molar-refractivity contribution in [2.45, 2.75) is 17.1 Å². The van der Waals surface area contributed by atoms with E-state index < -0.39 is 12.2 Å². The summed E-state index contributed by atoms with van der Waals surface area (Å²) in [5, 5.41) is 21.8. The fourth-order valence-corrected chi connectivity index (χ4v) is 4.12. The lowest BCUT2D eigenvalue weighted by molar-refractivity contribution is 0.0696. The van der Waals surface area contributed by atoms with Gasteiger partial charge in [-0.05, 0) is 23.8 Å². The molecule has 3 aromatic carbocycles. The summed E-state index contributed by atoms with van der Waals surface area (Å²) >= 11 is 1.49. The van der Waals surface area contributed by atoms with Crippen LogP contribution in [0.25, 0.3) is 11.3 Å². The number of hydrogen-bond acceptors (Lipinski definition) is 7. The van der Waals surface area contributed by atoms with E-state index in [2.05, 4.69) is 32.6 Å². The number of rotatable bonds is 5. The molecular formula is C24H18N4O3S. The third kappa shape index (κ3) is 4.13. The second kappa shape index (κ2) is 8.68. The number of thioether (sulfide) groups is 1. The molecule has 0 spiro atoms. The Hall–Kier alpha value is -3.91. The molecule has 5 rings (SSSR count). The lowest BCUT2D eigenvalue weighted by Crippen LogP contribution is -2.17. The average Bonchev–Trinajstić information content (AvgIpc) is 3.00. The van der Waals surface area contributed by atoms with Gasteiger partial charge in [-0.3, -0.25) is 0 Å². The Morgan fingerprint density at radius 3 is 2.50 bits per heavy atom. The van der Waals surface area contributed by atoms with Gasteiger partial charge in [0.1, 0.15) is 0 Å². The highest BCUT2D eigenvalue weighted by atomic mass is 32.2. The van der Waals surface area contributed by atoms with Crippen molar-refractivity contribution < 1.29 is 14.6 Å². The predicted molar refractivity (Wildman–Crippen MR) is 122 cm³/mol. The van der Waals surface area contributed by atoms with Crippen molar-refractivity contribution >= 4 is 23.4 Å². The van der Waals surface area contributed by atoms with Gasteiger partial charge in [-0.2, -0.15) is 4.98 Å². The van der Waals surface area contributed by atoms with Crippen LogP contribution >= 0.6 is 11.8 Å². The summed E-state index contributed by atoms with van der Waals surface area (Å²) in [5.41, 5.74) is 4.38. The monoisotopic (exact) mass is 442 g/mol. The first-order chi connectivity index (χ1) is 15.7. The number of carboxylic acids is 1. The van der Waals surface area contributed by atoms with Gasteiger partial charge in [0, 0.05) is 22.6 Å². The second-order valence-corrected chi connectivity index (χ2v) is 8.08. The van der Waals surface area contributed by atoms with Gasteiger partial charge < -0.3 is 15.2 Å². The van der Waals surface area contributed by atoms with E-state index in [0.717, 1.165) is 22.6 Å². The predicted octanol–water partition coefficient (Wildman–Crippen LogP) is 5.03. The number of fused-ring (bicyclic) bond motifs is 3. The van der Waals surface area contributed by atoms with Gasteiger partial charge in [0.25, 0.3) is 0 Å². The Morgan fingerprint density at radius 1 is 0.969 bits per heavy atom. The fraction of sp³-hybridized carbons (Fsp3) is 0.0833. The van der Waals surface area contributed by atoms with E-state index in [0.29, 0.717) is 16.7 Å². The maximum atomic E-state index is 11.2. The van der Waals surface area contributed by atoms with Crippen LogP contribution < -0.4 is 10.1 Å². The summed E-state index contributed by atoms with van der Waals surface area (Å²) in [5.74, 6) is 0.121. The zero-order valence-electron chi connectivity index (χ0n) is 16.8. The number of ether oxygens (including phenoxy) is 1. The van der Waals surface area contributed by atoms with Crippen LogP contribution in [0.1, 0.15) is 27.7 Å². The second-order valence-electron chi connectivity index (χ2n) is 7.14. The maximum absolute atomic E-state index is 11.2. The van der Waals surface area contributed by atoms with Gasteiger partial charge in [-0.1, -0.05) is 72.4 Å². The number of para-hydroxylation sites is 1. The highest BCUT2D eigenvalue weighted by Crippen LogP contribution is 2.39. The molecule has 0 bridgehead atoms. The lowest BCUT2D eigenvalue weighted by atomic mass is 10.1. The van der Waals surface area contributed by atoms with Crippen molar-refractivity contribution in [2.24, 2.45) is 0 Å². The van der Waals surface area contributed by atoms with Crippen LogP contribution in [0.3, 0.4) is 0 Å². The minimum Gasteiger partial charge on any atom is -0.478 e. The Balaban J connectivity index is 1.48. The number of aromatic nitrogens is 3. The van der Waals surface area contributed by atoms with Gasteiger partial charge in [-0.15, -0.1) is 10.2 Å². The number of anilines is 1. The molecule has 7 nitrogen and oxygen atoms in total. The molecule has 2 N–H and O–H groups in total. The van der Waals surface area contributed by atoms with Crippen LogP contribution in [0.2, 0.25) is 0 Å². The molecule has 0 saturated heterocycles. The van der Waals surface area contributed by atoms with E-state index in [-0.39, 0.29) is 5.56 Å². The van der Waals surface area contributed by atoms with E-state index in [1.807, 2.05) is 42.5 Å². The summed E-state index contributed by atoms with van der Waals surface area (Å²) in [6, 6.07) is 24.4. The number of carbonyl (C=O) groups is 1. The molecule has 0 aliphatic carbocycles. The molecule has 0 unspecified atom stereocenters. The van der Waals surface area contributed by atoms with Crippen molar-refractivity contribution in [1.82, 2.24) is 15.2 Å². The van der Waals surface area contributed by atoms with Crippen LogP contribution in [0, 0.1) is 0 Å². The van der Waals surface area contributed by atoms with Gasteiger partial charge in [0.2, 0.25) is 11.0 Å². The smallest absolute Gasteiger partial charge is 0.335 e. The summed E-state index contributed by atoms with van der Waals surface area (Å²) in [6.45, 7) is 0. The van der Waals surface area contributed by atoms with Crippen LogP contribution in [0.5, 0.6) is 5.88 Å². The van der Waals surface area contributed by atoms with Crippen molar-refractivity contribution in [2.75, 3.05) is 5.32 Å². The molecule has 158 valence electrons. The van der Waals surface area contributed by atoms with E-state index in [4.69, 9.17) is 4.74 Å². The topological polar surface area (TPSA) is 97.2 Å². The minimum absolute atomic E-state index is 0.215. The van der Waals surface area contributed by atoms with E-state index in [9.17, 15) is 9.90 Å². The van der Waals surface area contributed by atoms with Crippen LogP contribution in [0.15, 0.2) is 84.0 Å². The van der Waals surface area contributed by atoms with E-state index in [1.165, 1.54) is 17.3 Å². The molecule has 0 radical (unpaired) electrons. The number of nitrogens with one attached hydrogen (secondary N) is 1. The zero-order valence-corrected chi connectivity index (χ0v) is 17.6. The maximum Gasteiger partial charge on any atom is 0.335 e. The molecule has 32 heavy (non-hydrogen) atoms. The molecule has 0 fully saturated rings. The molecule has 4 aromatic rings. The van der Waals surface area contributed by atoms with Crippen molar-refractivity contribution in [3.63, 3.8) is 0 Å². The number of carboxylic acid groups (broad SMARTS) is 1. The Morgan fingerprint density at radius 2 is 1.72 bits per heavy atom. The third-order valence-electron chi connectivity index (χ3n) is 5.00. The first-order valence-electron chi connectivity index (χ1n) is 9.95. The molecule has 1 aromatic heterocycles. The number of aromatic carboxylic acids is 1.